The number of amides is 1. The third-order valence-electron chi connectivity index (χ3n) is 8.01. The maximum absolute atomic E-state index is 12.2. The molecule has 10 nitrogen and oxygen atoms in total. The van der Waals surface area contributed by atoms with E-state index in [1.165, 1.54) is 44.8 Å². The van der Waals surface area contributed by atoms with Crippen LogP contribution in [0.25, 0.3) is 11.2 Å². The molecule has 4 atom stereocenters. The molecule has 4 saturated carbocycles. The second-order valence-corrected chi connectivity index (χ2v) is 9.97. The van der Waals surface area contributed by atoms with Crippen LogP contribution in [0.5, 0.6) is 0 Å². The lowest BCUT2D eigenvalue weighted by Gasteiger charge is -2.54. The predicted octanol–water partition coefficient (Wildman–Crippen LogP) is 0.818. The number of fused-ring (bicyclic) bond motifs is 1. The highest BCUT2D eigenvalue weighted by Crippen LogP contribution is 2.54. The van der Waals surface area contributed by atoms with Crippen LogP contribution in [-0.2, 0) is 9.53 Å². The van der Waals surface area contributed by atoms with Gasteiger partial charge in [-0.2, -0.15) is 0 Å². The number of aliphatic hydroxyl groups is 2. The lowest BCUT2D eigenvalue weighted by Crippen LogP contribution is -2.51. The first-order valence-corrected chi connectivity index (χ1v) is 11.8. The Bertz CT molecular complexity index is 999. The molecule has 1 aliphatic heterocycles. The summed E-state index contributed by atoms with van der Waals surface area (Å²) in [4.78, 5) is 25.6. The normalized spacial score (nSPS) is 40.2. The second-order valence-electron chi connectivity index (χ2n) is 9.97. The molecule has 7 rings (SSSR count). The van der Waals surface area contributed by atoms with E-state index in [4.69, 9.17) is 4.74 Å². The van der Waals surface area contributed by atoms with Gasteiger partial charge in [0.25, 0.3) is 5.91 Å². The molecule has 3 heterocycles. The van der Waals surface area contributed by atoms with Gasteiger partial charge in [-0.15, -0.1) is 0 Å². The van der Waals surface area contributed by atoms with Gasteiger partial charge in [-0.1, -0.05) is 0 Å². The molecule has 5 fully saturated rings. The number of hydrogen-bond donors (Lipinski definition) is 4. The van der Waals surface area contributed by atoms with Gasteiger partial charge in [0.15, 0.2) is 29.3 Å². The van der Waals surface area contributed by atoms with E-state index in [2.05, 4.69) is 25.6 Å². The summed E-state index contributed by atoms with van der Waals surface area (Å²) in [6.45, 7) is 2.19. The summed E-state index contributed by atoms with van der Waals surface area (Å²) >= 11 is 0. The van der Waals surface area contributed by atoms with Crippen molar-refractivity contribution in [2.45, 2.75) is 69.6 Å². The minimum Gasteiger partial charge on any atom is -0.387 e. The van der Waals surface area contributed by atoms with E-state index in [0.29, 0.717) is 41.4 Å². The highest BCUT2D eigenvalue weighted by Gasteiger charge is 2.49. The molecule has 0 aromatic carbocycles. The summed E-state index contributed by atoms with van der Waals surface area (Å²) in [6.07, 6.45) is 4.89. The maximum Gasteiger partial charge on any atom is 0.252 e. The zero-order valence-electron chi connectivity index (χ0n) is 18.1. The predicted molar refractivity (Wildman–Crippen MR) is 114 cm³/mol. The van der Waals surface area contributed by atoms with E-state index in [9.17, 15) is 15.0 Å². The number of imidazole rings is 1. The van der Waals surface area contributed by atoms with Crippen LogP contribution in [0.3, 0.4) is 0 Å². The molecule has 32 heavy (non-hydrogen) atoms. The summed E-state index contributed by atoms with van der Waals surface area (Å²) in [6, 6.07) is 0.406. The molecule has 4 bridgehead atoms. The van der Waals surface area contributed by atoms with E-state index in [0.717, 1.165) is 11.8 Å². The van der Waals surface area contributed by atoms with E-state index in [1.54, 1.807) is 11.5 Å². The maximum atomic E-state index is 12.2. The van der Waals surface area contributed by atoms with Crippen molar-refractivity contribution in [1.82, 2.24) is 24.8 Å². The Balaban J connectivity index is 1.27. The summed E-state index contributed by atoms with van der Waals surface area (Å²) in [5.74, 6) is 3.40. The smallest absolute Gasteiger partial charge is 0.252 e. The van der Waals surface area contributed by atoms with Crippen molar-refractivity contribution < 1.29 is 19.7 Å². The van der Waals surface area contributed by atoms with Gasteiger partial charge in [-0.25, -0.2) is 15.0 Å². The molecule has 0 unspecified atom stereocenters. The first kappa shape index (κ1) is 20.3. The first-order valence-electron chi connectivity index (χ1n) is 11.8. The molecule has 4 N–H and O–H groups in total. The highest BCUT2D eigenvalue weighted by molar-refractivity contribution is 5.83. The van der Waals surface area contributed by atoms with Crippen LogP contribution in [0.4, 0.5) is 5.82 Å². The number of carbonyl (C=O) groups excluding carboxylic acids is 1. The summed E-state index contributed by atoms with van der Waals surface area (Å²) in [5.41, 5.74) is 1.10. The number of aromatic nitrogens is 4. The summed E-state index contributed by atoms with van der Waals surface area (Å²) in [7, 11) is 0. The molecule has 4 aliphatic carbocycles. The van der Waals surface area contributed by atoms with Crippen LogP contribution in [0.2, 0.25) is 0 Å². The molecule has 0 radical (unpaired) electrons. The van der Waals surface area contributed by atoms with Crippen LogP contribution in [0.1, 0.15) is 45.3 Å². The fourth-order valence-electron chi connectivity index (χ4n) is 6.84. The van der Waals surface area contributed by atoms with Gasteiger partial charge >= 0.3 is 0 Å². The van der Waals surface area contributed by atoms with Crippen molar-refractivity contribution in [3.63, 3.8) is 0 Å². The number of carbonyl (C=O) groups is 1. The highest BCUT2D eigenvalue weighted by atomic mass is 16.6. The number of anilines is 1. The fraction of sp³-hybridized carbons (Fsp3) is 0.727. The largest absolute Gasteiger partial charge is 0.387 e. The van der Waals surface area contributed by atoms with E-state index in [1.807, 2.05) is 0 Å². The minimum absolute atomic E-state index is 0.406. The summed E-state index contributed by atoms with van der Waals surface area (Å²) < 4.78 is 7.33. The van der Waals surface area contributed by atoms with Gasteiger partial charge in [-0.05, 0) is 62.7 Å². The van der Waals surface area contributed by atoms with E-state index < -0.39 is 30.4 Å². The number of rotatable bonds is 5. The number of hydrogen-bond acceptors (Lipinski definition) is 8. The van der Waals surface area contributed by atoms with Crippen molar-refractivity contribution in [2.24, 2.45) is 23.7 Å². The average Bonchev–Trinajstić information content (AvgIpc) is 3.32. The van der Waals surface area contributed by atoms with Crippen molar-refractivity contribution in [2.75, 3.05) is 11.9 Å². The van der Waals surface area contributed by atoms with Crippen LogP contribution in [0.15, 0.2) is 12.7 Å². The van der Waals surface area contributed by atoms with Crippen LogP contribution in [0, 0.1) is 23.7 Å². The molecule has 172 valence electrons. The Morgan fingerprint density at radius 2 is 1.81 bits per heavy atom. The number of nitrogens with one attached hydrogen (secondary N) is 2. The van der Waals surface area contributed by atoms with Crippen molar-refractivity contribution in [3.05, 3.63) is 12.7 Å². The van der Waals surface area contributed by atoms with Gasteiger partial charge in [0, 0.05) is 12.6 Å². The molecule has 1 saturated heterocycles. The second kappa shape index (κ2) is 7.64. The zero-order valence-corrected chi connectivity index (χ0v) is 18.1. The van der Waals surface area contributed by atoms with Gasteiger partial charge in [0.05, 0.1) is 6.33 Å². The molecule has 5 aliphatic rings. The van der Waals surface area contributed by atoms with Gasteiger partial charge in [-0.3, -0.25) is 9.36 Å². The first-order chi connectivity index (χ1) is 15.5. The molecule has 10 heteroatoms. The third kappa shape index (κ3) is 3.11. The topological polar surface area (TPSA) is 134 Å². The molecular formula is C22H30N6O4. The van der Waals surface area contributed by atoms with E-state index >= 15 is 0 Å². The molecule has 1 amide bonds. The zero-order chi connectivity index (χ0) is 22.0. The molecule has 2 aromatic rings. The standard InChI is InChI=1S/C22H30N6O4/c1-2-23-21(31)18-16(29)17(30)22(32-18)28-9-26-15-19(24-8-25-20(15)28)27-14-12-4-10-3-11(6-12)7-13(14)5-10/h8-14,16-18,22,29-30H,2-7H2,1H3,(H,23,31)(H,24,25,27)/t10?,11?,12?,13?,14?,16-,17+,18-,22+/m0/s1. The Labute approximate surface area is 185 Å². The van der Waals surface area contributed by atoms with Crippen molar-refractivity contribution >= 4 is 22.9 Å². The average molecular weight is 443 g/mol. The Kier molecular flexibility index (Phi) is 4.85. The van der Waals surface area contributed by atoms with Gasteiger partial charge in [0.1, 0.15) is 18.5 Å². The fourth-order valence-corrected chi connectivity index (χ4v) is 6.84. The SMILES string of the molecule is CCNC(=O)[C@H]1O[C@@H](n2cnc3c(NC4C5CC6CC(C5)CC4C6)ncnc32)[C@H](O)[C@@H]1O. The number of nitrogens with zero attached hydrogens (tertiary/aromatic N) is 4. The van der Waals surface area contributed by atoms with E-state index in [-0.39, 0.29) is 0 Å². The Hall–Kier alpha value is -2.30. The quantitative estimate of drug-likeness (QED) is 0.535. The van der Waals surface area contributed by atoms with Gasteiger partial charge < -0.3 is 25.6 Å². The summed E-state index contributed by atoms with van der Waals surface area (Å²) in [5, 5.41) is 27.3. The van der Waals surface area contributed by atoms with Gasteiger partial charge in [0.2, 0.25) is 0 Å². The Morgan fingerprint density at radius 3 is 2.50 bits per heavy atom. The number of ether oxygens (including phenoxy) is 1. The van der Waals surface area contributed by atoms with Crippen LogP contribution in [-0.4, -0.2) is 66.5 Å². The number of likely N-dealkylation sites (N-methyl/N-ethyl adjacent to an activating group) is 1. The molecular weight excluding hydrogens is 412 g/mol. The molecule has 2 aromatic heterocycles. The Morgan fingerprint density at radius 1 is 1.09 bits per heavy atom. The monoisotopic (exact) mass is 442 g/mol. The third-order valence-corrected chi connectivity index (χ3v) is 8.01. The lowest BCUT2D eigenvalue weighted by atomic mass is 9.54. The lowest BCUT2D eigenvalue weighted by molar-refractivity contribution is -0.137. The van der Waals surface area contributed by atoms with Crippen LogP contribution >= 0.6 is 0 Å². The van der Waals surface area contributed by atoms with Crippen LogP contribution < -0.4 is 10.6 Å². The minimum atomic E-state index is -1.34. The van der Waals surface area contributed by atoms with Crippen molar-refractivity contribution in [3.8, 4) is 0 Å². The number of aliphatic hydroxyl groups excluding tert-OH is 2. The molecule has 0 spiro atoms. The van der Waals surface area contributed by atoms with Crippen molar-refractivity contribution in [1.29, 1.82) is 0 Å².